The molecule has 0 radical (unpaired) electrons. The van der Waals surface area contributed by atoms with E-state index in [0.29, 0.717) is 12.2 Å². The third kappa shape index (κ3) is 2.94. The fourth-order valence-electron chi connectivity index (χ4n) is 1.24. The van der Waals surface area contributed by atoms with Gasteiger partial charge in [0.15, 0.2) is 0 Å². The van der Waals surface area contributed by atoms with Crippen LogP contribution in [0.2, 0.25) is 0 Å². The van der Waals surface area contributed by atoms with E-state index in [0.717, 1.165) is 0 Å². The van der Waals surface area contributed by atoms with E-state index in [2.05, 4.69) is 5.32 Å². The van der Waals surface area contributed by atoms with E-state index in [9.17, 15) is 9.50 Å². The molecule has 1 atom stereocenters. The molecule has 3 nitrogen and oxygen atoms in total. The van der Waals surface area contributed by atoms with Crippen LogP contribution in [0, 0.1) is 23.1 Å². The molecule has 1 aromatic carbocycles. The molecule has 2 N–H and O–H groups in total. The monoisotopic (exact) mass is 222 g/mol. The highest BCUT2D eigenvalue weighted by Crippen LogP contribution is 2.18. The maximum Gasteiger partial charge on any atom is 0.143 e. The normalized spacial score (nSPS) is 12.2. The lowest BCUT2D eigenvalue weighted by atomic mass is 10.1. The molecule has 0 saturated heterocycles. The third-order valence-corrected chi connectivity index (χ3v) is 2.40. The van der Waals surface area contributed by atoms with Gasteiger partial charge in [-0.25, -0.2) is 4.39 Å². The quantitative estimate of drug-likeness (QED) is 0.820. The molecule has 1 aromatic rings. The Morgan fingerprint density at radius 1 is 1.50 bits per heavy atom. The van der Waals surface area contributed by atoms with E-state index in [1.54, 1.807) is 12.1 Å². The lowest BCUT2D eigenvalue weighted by molar-refractivity contribution is 0.138. The van der Waals surface area contributed by atoms with Crippen molar-refractivity contribution in [2.45, 2.75) is 20.0 Å². The number of anilines is 1. The number of nitriles is 1. The molecule has 86 valence electrons. The molecule has 0 bridgehead atoms. The predicted octanol–water partition coefficient (Wildman–Crippen LogP) is 2.13. The van der Waals surface area contributed by atoms with Crippen molar-refractivity contribution in [1.29, 1.82) is 5.26 Å². The zero-order chi connectivity index (χ0) is 12.1. The van der Waals surface area contributed by atoms with Crippen LogP contribution in [-0.4, -0.2) is 17.8 Å². The first-order valence-electron chi connectivity index (χ1n) is 5.16. The van der Waals surface area contributed by atoms with E-state index in [1.165, 1.54) is 12.1 Å². The highest BCUT2D eigenvalue weighted by atomic mass is 19.1. The maximum atomic E-state index is 13.2. The van der Waals surface area contributed by atoms with Crippen molar-refractivity contribution < 1.29 is 9.50 Å². The van der Waals surface area contributed by atoms with Crippen LogP contribution in [0.1, 0.15) is 19.4 Å². The first kappa shape index (κ1) is 12.5. The van der Waals surface area contributed by atoms with Crippen molar-refractivity contribution in [2.75, 3.05) is 11.9 Å². The number of aliphatic hydroxyl groups is 1. The molecule has 4 heteroatoms. The molecule has 0 aromatic heterocycles. The number of nitrogens with zero attached hydrogens (tertiary/aromatic N) is 1. The molecule has 0 fully saturated rings. The van der Waals surface area contributed by atoms with Gasteiger partial charge in [0, 0.05) is 6.54 Å². The van der Waals surface area contributed by atoms with Crippen molar-refractivity contribution >= 4 is 5.69 Å². The van der Waals surface area contributed by atoms with Crippen LogP contribution in [0.3, 0.4) is 0 Å². The van der Waals surface area contributed by atoms with E-state index >= 15 is 0 Å². The first-order valence-corrected chi connectivity index (χ1v) is 5.16. The standard InChI is InChI=1S/C12H15FN2O/c1-8(2)12(16)7-15-11-5-3-4-10(13)9(11)6-14/h3-5,8,12,15-16H,7H2,1-2H3. The zero-order valence-electron chi connectivity index (χ0n) is 9.37. The van der Waals surface area contributed by atoms with Gasteiger partial charge < -0.3 is 10.4 Å². The smallest absolute Gasteiger partial charge is 0.143 e. The molecule has 0 aliphatic rings. The van der Waals surface area contributed by atoms with Crippen LogP contribution in [-0.2, 0) is 0 Å². The Labute approximate surface area is 94.5 Å². The molecule has 0 aliphatic carbocycles. The molecular formula is C12H15FN2O. The van der Waals surface area contributed by atoms with Gasteiger partial charge in [0.2, 0.25) is 0 Å². The fourth-order valence-corrected chi connectivity index (χ4v) is 1.24. The Kier molecular flexibility index (Phi) is 4.27. The number of halogens is 1. The number of hydrogen-bond donors (Lipinski definition) is 2. The molecule has 0 amide bonds. The Bertz CT molecular complexity index is 398. The van der Waals surface area contributed by atoms with Gasteiger partial charge in [-0.05, 0) is 18.1 Å². The number of aliphatic hydroxyl groups excluding tert-OH is 1. The molecule has 0 spiro atoms. The summed E-state index contributed by atoms with van der Waals surface area (Å²) < 4.78 is 13.2. The Morgan fingerprint density at radius 3 is 2.75 bits per heavy atom. The van der Waals surface area contributed by atoms with Crippen molar-refractivity contribution in [3.8, 4) is 6.07 Å². The Balaban J connectivity index is 2.75. The van der Waals surface area contributed by atoms with Crippen molar-refractivity contribution in [3.05, 3.63) is 29.6 Å². The van der Waals surface area contributed by atoms with Crippen molar-refractivity contribution in [2.24, 2.45) is 5.92 Å². The highest BCUT2D eigenvalue weighted by Gasteiger charge is 2.11. The molecule has 0 saturated carbocycles. The van der Waals surface area contributed by atoms with Gasteiger partial charge in [-0.1, -0.05) is 19.9 Å². The molecule has 1 unspecified atom stereocenters. The molecule has 1 rings (SSSR count). The number of rotatable bonds is 4. The minimum Gasteiger partial charge on any atom is -0.391 e. The van der Waals surface area contributed by atoms with Gasteiger partial charge in [-0.15, -0.1) is 0 Å². The van der Waals surface area contributed by atoms with Crippen LogP contribution >= 0.6 is 0 Å². The number of nitrogens with one attached hydrogen (secondary N) is 1. The molecular weight excluding hydrogens is 207 g/mol. The lowest BCUT2D eigenvalue weighted by Crippen LogP contribution is -2.25. The minimum atomic E-state index is -0.550. The van der Waals surface area contributed by atoms with Gasteiger partial charge in [-0.2, -0.15) is 5.26 Å². The van der Waals surface area contributed by atoms with E-state index in [-0.39, 0.29) is 11.5 Å². The fraction of sp³-hybridized carbons (Fsp3) is 0.417. The van der Waals surface area contributed by atoms with Crippen molar-refractivity contribution in [1.82, 2.24) is 0 Å². The largest absolute Gasteiger partial charge is 0.391 e. The number of hydrogen-bond acceptors (Lipinski definition) is 3. The SMILES string of the molecule is CC(C)C(O)CNc1cccc(F)c1C#N. The average molecular weight is 222 g/mol. The van der Waals surface area contributed by atoms with Gasteiger partial charge in [0.25, 0.3) is 0 Å². The molecule has 0 aliphatic heterocycles. The lowest BCUT2D eigenvalue weighted by Gasteiger charge is -2.16. The number of benzene rings is 1. The first-order chi connectivity index (χ1) is 7.56. The second kappa shape index (κ2) is 5.47. The summed E-state index contributed by atoms with van der Waals surface area (Å²) in [6.07, 6.45) is -0.519. The summed E-state index contributed by atoms with van der Waals surface area (Å²) in [5.41, 5.74) is 0.403. The average Bonchev–Trinajstić information content (AvgIpc) is 2.25. The highest BCUT2D eigenvalue weighted by molar-refractivity contribution is 5.57. The van der Waals surface area contributed by atoms with E-state index < -0.39 is 11.9 Å². The Hall–Kier alpha value is -1.60. The third-order valence-electron chi connectivity index (χ3n) is 2.40. The molecule has 16 heavy (non-hydrogen) atoms. The topological polar surface area (TPSA) is 56.0 Å². The van der Waals surface area contributed by atoms with Crippen LogP contribution in [0.5, 0.6) is 0 Å². The van der Waals surface area contributed by atoms with Gasteiger partial charge in [-0.3, -0.25) is 0 Å². The summed E-state index contributed by atoms with van der Waals surface area (Å²) in [4.78, 5) is 0. The second-order valence-electron chi connectivity index (χ2n) is 3.97. The zero-order valence-corrected chi connectivity index (χ0v) is 9.37. The second-order valence-corrected chi connectivity index (χ2v) is 3.97. The van der Waals surface area contributed by atoms with Crippen LogP contribution in [0.15, 0.2) is 18.2 Å². The van der Waals surface area contributed by atoms with Gasteiger partial charge in [0.05, 0.1) is 11.8 Å². The minimum absolute atomic E-state index is 0.0153. The summed E-state index contributed by atoms with van der Waals surface area (Å²) in [6, 6.07) is 6.18. The van der Waals surface area contributed by atoms with E-state index in [4.69, 9.17) is 5.26 Å². The van der Waals surface area contributed by atoms with Gasteiger partial charge in [0.1, 0.15) is 17.4 Å². The van der Waals surface area contributed by atoms with Crippen LogP contribution in [0.4, 0.5) is 10.1 Å². The summed E-state index contributed by atoms with van der Waals surface area (Å²) in [5, 5.41) is 21.2. The van der Waals surface area contributed by atoms with Gasteiger partial charge >= 0.3 is 0 Å². The predicted molar refractivity (Wildman–Crippen MR) is 60.4 cm³/mol. The molecule has 0 heterocycles. The van der Waals surface area contributed by atoms with Crippen LogP contribution < -0.4 is 5.32 Å². The van der Waals surface area contributed by atoms with Crippen LogP contribution in [0.25, 0.3) is 0 Å². The summed E-state index contributed by atoms with van der Waals surface area (Å²) >= 11 is 0. The summed E-state index contributed by atoms with van der Waals surface area (Å²) in [5.74, 6) is -0.432. The maximum absolute atomic E-state index is 13.2. The van der Waals surface area contributed by atoms with Crippen molar-refractivity contribution in [3.63, 3.8) is 0 Å². The summed E-state index contributed by atoms with van der Waals surface area (Å²) in [7, 11) is 0. The Morgan fingerprint density at radius 2 is 2.19 bits per heavy atom. The van der Waals surface area contributed by atoms with E-state index in [1.807, 2.05) is 13.8 Å². The summed E-state index contributed by atoms with van der Waals surface area (Å²) in [6.45, 7) is 4.09.